The molecule has 5 nitrogen and oxygen atoms in total. The molecule has 21 heavy (non-hydrogen) atoms. The lowest BCUT2D eigenvalue weighted by molar-refractivity contribution is -0.143. The van der Waals surface area contributed by atoms with E-state index in [4.69, 9.17) is 9.84 Å². The number of nitrogens with one attached hydrogen (secondary N) is 1. The van der Waals surface area contributed by atoms with Crippen molar-refractivity contribution < 1.29 is 23.8 Å². The molecule has 0 aliphatic heterocycles. The average Bonchev–Trinajstić information content (AvgIpc) is 2.46. The lowest BCUT2D eigenvalue weighted by atomic mass is 9.86. The Balaban J connectivity index is 1.79. The van der Waals surface area contributed by atoms with Gasteiger partial charge in [-0.3, -0.25) is 9.59 Å². The van der Waals surface area contributed by atoms with E-state index < -0.39 is 17.7 Å². The van der Waals surface area contributed by atoms with Gasteiger partial charge in [-0.1, -0.05) is 18.6 Å². The molecule has 0 aromatic heterocycles. The van der Waals surface area contributed by atoms with Crippen molar-refractivity contribution in [2.75, 3.05) is 6.61 Å². The summed E-state index contributed by atoms with van der Waals surface area (Å²) in [5.74, 6) is -2.09. The number of hydrogen-bond acceptors (Lipinski definition) is 3. The molecule has 2 rings (SSSR count). The van der Waals surface area contributed by atoms with E-state index in [0.29, 0.717) is 12.8 Å². The van der Waals surface area contributed by atoms with Crippen LogP contribution in [0, 0.1) is 11.7 Å². The molecule has 0 spiro atoms. The van der Waals surface area contributed by atoms with E-state index in [1.807, 2.05) is 0 Å². The second-order valence-corrected chi connectivity index (χ2v) is 5.19. The van der Waals surface area contributed by atoms with Gasteiger partial charge >= 0.3 is 5.97 Å². The zero-order valence-electron chi connectivity index (χ0n) is 11.5. The molecule has 2 atom stereocenters. The number of carbonyl (C=O) groups excluding carboxylic acids is 1. The highest BCUT2D eigenvalue weighted by Crippen LogP contribution is 2.24. The van der Waals surface area contributed by atoms with Gasteiger partial charge in [0.2, 0.25) is 0 Å². The van der Waals surface area contributed by atoms with Crippen LogP contribution in [0.3, 0.4) is 0 Å². The second-order valence-electron chi connectivity index (χ2n) is 5.19. The minimum absolute atomic E-state index is 0.0275. The summed E-state index contributed by atoms with van der Waals surface area (Å²) in [5.41, 5.74) is 0. The smallest absolute Gasteiger partial charge is 0.306 e. The van der Waals surface area contributed by atoms with Crippen molar-refractivity contribution in [2.24, 2.45) is 5.92 Å². The van der Waals surface area contributed by atoms with Gasteiger partial charge in [0.15, 0.2) is 18.2 Å². The maximum Gasteiger partial charge on any atom is 0.306 e. The number of amides is 1. The van der Waals surface area contributed by atoms with Crippen LogP contribution >= 0.6 is 0 Å². The molecule has 1 aliphatic rings. The highest BCUT2D eigenvalue weighted by molar-refractivity contribution is 5.78. The van der Waals surface area contributed by atoms with Crippen LogP contribution in [-0.2, 0) is 9.59 Å². The van der Waals surface area contributed by atoms with E-state index in [1.165, 1.54) is 18.2 Å². The first-order valence-corrected chi connectivity index (χ1v) is 6.95. The molecular weight excluding hydrogens is 277 g/mol. The summed E-state index contributed by atoms with van der Waals surface area (Å²) in [7, 11) is 0. The standard InChI is InChI=1S/C15H18FNO4/c16-12-6-1-2-7-13(12)21-9-14(18)17-11-5-3-4-10(8-11)15(19)20/h1-2,6-7,10-11H,3-5,8-9H2,(H,17,18)(H,19,20). The molecule has 1 fully saturated rings. The number of carboxylic acids is 1. The van der Waals surface area contributed by atoms with Crippen LogP contribution in [-0.4, -0.2) is 29.6 Å². The lowest BCUT2D eigenvalue weighted by Crippen LogP contribution is -2.42. The van der Waals surface area contributed by atoms with Crippen molar-refractivity contribution in [3.63, 3.8) is 0 Å². The summed E-state index contributed by atoms with van der Waals surface area (Å²) in [5, 5.41) is 11.7. The van der Waals surface area contributed by atoms with Crippen molar-refractivity contribution >= 4 is 11.9 Å². The molecule has 0 saturated heterocycles. The number of rotatable bonds is 5. The summed E-state index contributed by atoms with van der Waals surface area (Å²) in [6, 6.07) is 5.71. The van der Waals surface area contributed by atoms with Crippen molar-refractivity contribution in [3.05, 3.63) is 30.1 Å². The minimum atomic E-state index is -0.823. The quantitative estimate of drug-likeness (QED) is 0.870. The molecule has 0 heterocycles. The molecule has 0 bridgehead atoms. The molecule has 2 N–H and O–H groups in total. The first kappa shape index (κ1) is 15.3. The lowest BCUT2D eigenvalue weighted by Gasteiger charge is -2.27. The van der Waals surface area contributed by atoms with Gasteiger partial charge in [0.1, 0.15) is 0 Å². The molecule has 1 aliphatic carbocycles. The predicted octanol–water partition coefficient (Wildman–Crippen LogP) is 1.96. The fourth-order valence-corrected chi connectivity index (χ4v) is 2.52. The Morgan fingerprint density at radius 2 is 2.10 bits per heavy atom. The van der Waals surface area contributed by atoms with Crippen molar-refractivity contribution in [1.29, 1.82) is 0 Å². The number of aliphatic carboxylic acids is 1. The third-order valence-electron chi connectivity index (χ3n) is 3.58. The summed E-state index contributed by atoms with van der Waals surface area (Å²) in [6.45, 7) is -0.283. The van der Waals surface area contributed by atoms with Crippen LogP contribution in [0.15, 0.2) is 24.3 Å². The van der Waals surface area contributed by atoms with Crippen LogP contribution in [0.5, 0.6) is 5.75 Å². The number of para-hydroxylation sites is 1. The van der Waals surface area contributed by atoms with Gasteiger partial charge in [-0.15, -0.1) is 0 Å². The van der Waals surface area contributed by atoms with E-state index in [2.05, 4.69) is 5.32 Å². The summed E-state index contributed by atoms with van der Waals surface area (Å²) < 4.78 is 18.4. The van der Waals surface area contributed by atoms with Gasteiger partial charge in [-0.25, -0.2) is 4.39 Å². The van der Waals surface area contributed by atoms with Gasteiger partial charge in [0.25, 0.3) is 5.91 Å². The monoisotopic (exact) mass is 295 g/mol. The number of hydrogen-bond donors (Lipinski definition) is 2. The van der Waals surface area contributed by atoms with E-state index in [-0.39, 0.29) is 24.3 Å². The van der Waals surface area contributed by atoms with Crippen LogP contribution in [0.1, 0.15) is 25.7 Å². The van der Waals surface area contributed by atoms with Crippen molar-refractivity contribution in [2.45, 2.75) is 31.7 Å². The normalized spacial score (nSPS) is 21.6. The number of halogens is 1. The Labute approximate surface area is 122 Å². The van der Waals surface area contributed by atoms with Crippen molar-refractivity contribution in [1.82, 2.24) is 5.32 Å². The molecule has 1 aromatic rings. The first-order chi connectivity index (χ1) is 10.1. The SMILES string of the molecule is O=C(COc1ccccc1F)NC1CCCC(C(=O)O)C1. The largest absolute Gasteiger partial charge is 0.481 e. The Morgan fingerprint density at radius 1 is 1.33 bits per heavy atom. The third kappa shape index (κ3) is 4.44. The maximum absolute atomic E-state index is 13.3. The Morgan fingerprint density at radius 3 is 2.81 bits per heavy atom. The van der Waals surface area contributed by atoms with Crippen molar-refractivity contribution in [3.8, 4) is 5.75 Å². The Bertz CT molecular complexity index is 520. The number of carbonyl (C=O) groups is 2. The molecule has 114 valence electrons. The minimum Gasteiger partial charge on any atom is -0.481 e. The summed E-state index contributed by atoms with van der Waals surface area (Å²) in [6.07, 6.45) is 2.61. The number of benzene rings is 1. The summed E-state index contributed by atoms with van der Waals surface area (Å²) in [4.78, 5) is 22.7. The van der Waals surface area contributed by atoms with E-state index >= 15 is 0 Å². The van der Waals surface area contributed by atoms with E-state index in [1.54, 1.807) is 6.07 Å². The molecule has 1 amide bonds. The molecule has 6 heteroatoms. The topological polar surface area (TPSA) is 75.6 Å². The number of carboxylic acid groups (broad SMARTS) is 1. The first-order valence-electron chi connectivity index (χ1n) is 6.95. The fraction of sp³-hybridized carbons (Fsp3) is 0.467. The summed E-state index contributed by atoms with van der Waals surface area (Å²) >= 11 is 0. The fourth-order valence-electron chi connectivity index (χ4n) is 2.52. The highest BCUT2D eigenvalue weighted by atomic mass is 19.1. The highest BCUT2D eigenvalue weighted by Gasteiger charge is 2.27. The molecule has 0 radical (unpaired) electrons. The maximum atomic E-state index is 13.3. The number of ether oxygens (including phenoxy) is 1. The molecule has 2 unspecified atom stereocenters. The Kier molecular flexibility index (Phi) is 5.14. The van der Waals surface area contributed by atoms with Gasteiger partial charge in [-0.2, -0.15) is 0 Å². The zero-order chi connectivity index (χ0) is 15.2. The predicted molar refractivity (Wildman–Crippen MR) is 73.4 cm³/mol. The third-order valence-corrected chi connectivity index (χ3v) is 3.58. The van der Waals surface area contributed by atoms with Gasteiger partial charge in [0, 0.05) is 6.04 Å². The van der Waals surface area contributed by atoms with E-state index in [0.717, 1.165) is 12.8 Å². The molecular formula is C15H18FNO4. The van der Waals surface area contributed by atoms with Crippen LogP contribution in [0.2, 0.25) is 0 Å². The van der Waals surface area contributed by atoms with Crippen LogP contribution in [0.4, 0.5) is 4.39 Å². The second kappa shape index (κ2) is 7.06. The molecule has 1 saturated carbocycles. The van der Waals surface area contributed by atoms with Gasteiger partial charge < -0.3 is 15.2 Å². The van der Waals surface area contributed by atoms with Crippen LogP contribution < -0.4 is 10.1 Å². The van der Waals surface area contributed by atoms with Gasteiger partial charge in [-0.05, 0) is 31.4 Å². The Hall–Kier alpha value is -2.11. The zero-order valence-corrected chi connectivity index (χ0v) is 11.5. The van der Waals surface area contributed by atoms with Gasteiger partial charge in [0.05, 0.1) is 5.92 Å². The average molecular weight is 295 g/mol. The van der Waals surface area contributed by atoms with E-state index in [9.17, 15) is 14.0 Å². The van der Waals surface area contributed by atoms with Crippen LogP contribution in [0.25, 0.3) is 0 Å². The molecule has 1 aromatic carbocycles.